The second kappa shape index (κ2) is 6.83. The monoisotopic (exact) mass is 348 g/mol. The predicted molar refractivity (Wildman–Crippen MR) is 105 cm³/mol. The number of aromatic nitrogens is 2. The smallest absolute Gasteiger partial charge is 0.253 e. The molecule has 5 nitrogen and oxygen atoms in total. The Hall–Kier alpha value is -2.82. The van der Waals surface area contributed by atoms with Crippen LogP contribution < -0.4 is 4.90 Å². The van der Waals surface area contributed by atoms with Gasteiger partial charge in [0.1, 0.15) is 5.82 Å². The first-order valence-electron chi connectivity index (χ1n) is 9.12. The van der Waals surface area contributed by atoms with Gasteiger partial charge in [-0.1, -0.05) is 18.2 Å². The van der Waals surface area contributed by atoms with Crippen molar-refractivity contribution in [3.8, 4) is 0 Å². The average molecular weight is 348 g/mol. The number of aromatic amines is 1. The summed E-state index contributed by atoms with van der Waals surface area (Å²) in [6.45, 7) is 4.75. The molecule has 1 atom stereocenters. The van der Waals surface area contributed by atoms with E-state index >= 15 is 0 Å². The summed E-state index contributed by atoms with van der Waals surface area (Å²) in [7, 11) is 1.90. The molecular formula is C21H24N4O. The first-order chi connectivity index (χ1) is 12.6. The topological polar surface area (TPSA) is 52.2 Å². The van der Waals surface area contributed by atoms with Gasteiger partial charge in [0.15, 0.2) is 0 Å². The number of imidazole rings is 1. The van der Waals surface area contributed by atoms with Gasteiger partial charge < -0.3 is 14.8 Å². The number of benzene rings is 2. The van der Waals surface area contributed by atoms with Crippen LogP contribution >= 0.6 is 0 Å². The lowest BCUT2D eigenvalue weighted by molar-refractivity contribution is 0.0776. The van der Waals surface area contributed by atoms with Crippen molar-refractivity contribution in [1.29, 1.82) is 0 Å². The van der Waals surface area contributed by atoms with Crippen molar-refractivity contribution < 1.29 is 4.79 Å². The number of amides is 1. The number of carbonyl (C=O) groups is 1. The number of hydrogen-bond donors (Lipinski definition) is 1. The Morgan fingerprint density at radius 3 is 2.88 bits per heavy atom. The van der Waals surface area contributed by atoms with Crippen LogP contribution in [0.2, 0.25) is 0 Å². The number of rotatable bonds is 4. The largest absolute Gasteiger partial charge is 0.371 e. The van der Waals surface area contributed by atoms with Gasteiger partial charge in [0.2, 0.25) is 0 Å². The maximum atomic E-state index is 12.8. The van der Waals surface area contributed by atoms with E-state index in [9.17, 15) is 4.79 Å². The third kappa shape index (κ3) is 3.29. The number of fused-ring (bicyclic) bond motifs is 1. The molecule has 0 radical (unpaired) electrons. The first-order valence-corrected chi connectivity index (χ1v) is 9.12. The maximum Gasteiger partial charge on any atom is 0.253 e. The Balaban J connectivity index is 1.41. The average Bonchev–Trinajstić information content (AvgIpc) is 3.26. The number of carbonyl (C=O) groups excluding carboxylic acids is 1. The van der Waals surface area contributed by atoms with Crippen LogP contribution in [-0.4, -0.2) is 47.5 Å². The summed E-state index contributed by atoms with van der Waals surface area (Å²) in [6, 6.07) is 16.2. The molecule has 1 N–H and O–H groups in total. The zero-order chi connectivity index (χ0) is 18.1. The highest BCUT2D eigenvalue weighted by molar-refractivity contribution is 5.97. The fourth-order valence-corrected chi connectivity index (χ4v) is 3.82. The number of nitrogens with one attached hydrogen (secondary N) is 1. The highest BCUT2D eigenvalue weighted by Crippen LogP contribution is 2.24. The van der Waals surface area contributed by atoms with E-state index in [1.807, 2.05) is 43.1 Å². The summed E-state index contributed by atoms with van der Waals surface area (Å²) >= 11 is 0. The summed E-state index contributed by atoms with van der Waals surface area (Å²) in [4.78, 5) is 24.7. The molecule has 1 fully saturated rings. The molecule has 1 saturated heterocycles. The van der Waals surface area contributed by atoms with Gasteiger partial charge in [-0.2, -0.15) is 0 Å². The molecule has 26 heavy (non-hydrogen) atoms. The molecule has 2 heterocycles. The van der Waals surface area contributed by atoms with Gasteiger partial charge in [-0.25, -0.2) is 4.98 Å². The van der Waals surface area contributed by atoms with Crippen LogP contribution in [0.1, 0.15) is 22.6 Å². The zero-order valence-electron chi connectivity index (χ0n) is 15.3. The van der Waals surface area contributed by atoms with Crippen LogP contribution in [0.3, 0.4) is 0 Å². The Kier molecular flexibility index (Phi) is 4.37. The van der Waals surface area contributed by atoms with E-state index in [1.54, 1.807) is 0 Å². The van der Waals surface area contributed by atoms with Gasteiger partial charge in [-0.3, -0.25) is 4.79 Å². The highest BCUT2D eigenvalue weighted by atomic mass is 16.2. The lowest BCUT2D eigenvalue weighted by Gasteiger charge is -2.22. The van der Waals surface area contributed by atoms with E-state index in [1.165, 1.54) is 5.69 Å². The van der Waals surface area contributed by atoms with Gasteiger partial charge in [-0.05, 0) is 49.6 Å². The molecule has 0 unspecified atom stereocenters. The fourth-order valence-electron chi connectivity index (χ4n) is 3.82. The second-order valence-electron chi connectivity index (χ2n) is 7.18. The molecule has 0 saturated carbocycles. The molecule has 2 aromatic carbocycles. The number of anilines is 1. The van der Waals surface area contributed by atoms with E-state index < -0.39 is 0 Å². The van der Waals surface area contributed by atoms with Gasteiger partial charge in [0.25, 0.3) is 5.91 Å². The standard InChI is InChI=1S/C21H24N4O/c1-15-22-19-9-8-17(12-20(19)23-15)21(26)24(2)13-16-10-11-25(14-16)18-6-4-3-5-7-18/h3-9,12,16H,10-11,13-14H2,1-2H3,(H,22,23)/t16-/m0/s1. The van der Waals surface area contributed by atoms with Crippen molar-refractivity contribution in [2.24, 2.45) is 5.92 Å². The maximum absolute atomic E-state index is 12.8. The molecule has 1 amide bonds. The predicted octanol–water partition coefficient (Wildman–Crippen LogP) is 3.47. The van der Waals surface area contributed by atoms with Gasteiger partial charge in [-0.15, -0.1) is 0 Å². The quantitative estimate of drug-likeness (QED) is 0.785. The molecule has 4 rings (SSSR count). The van der Waals surface area contributed by atoms with Crippen molar-refractivity contribution in [1.82, 2.24) is 14.9 Å². The summed E-state index contributed by atoms with van der Waals surface area (Å²) in [6.07, 6.45) is 1.12. The number of hydrogen-bond acceptors (Lipinski definition) is 3. The molecule has 0 bridgehead atoms. The van der Waals surface area contributed by atoms with Gasteiger partial charge in [0, 0.05) is 37.9 Å². The molecule has 3 aromatic rings. The zero-order valence-corrected chi connectivity index (χ0v) is 15.3. The molecule has 1 aliphatic rings. The van der Waals surface area contributed by atoms with Crippen LogP contribution in [0.4, 0.5) is 5.69 Å². The summed E-state index contributed by atoms with van der Waals surface area (Å²) in [5, 5.41) is 0. The minimum atomic E-state index is 0.0670. The Bertz CT molecular complexity index is 918. The number of para-hydroxylation sites is 1. The van der Waals surface area contributed by atoms with Crippen LogP contribution in [0.25, 0.3) is 11.0 Å². The first kappa shape index (κ1) is 16.6. The SMILES string of the molecule is Cc1nc2ccc(C(=O)N(C)C[C@@H]3CCN(c4ccccc4)C3)cc2[nH]1. The number of aryl methyl sites for hydroxylation is 1. The van der Waals surface area contributed by atoms with E-state index in [0.717, 1.165) is 42.9 Å². The normalized spacial score (nSPS) is 17.0. The van der Waals surface area contributed by atoms with E-state index in [2.05, 4.69) is 39.1 Å². The Labute approximate surface area is 153 Å². The van der Waals surface area contributed by atoms with Crippen molar-refractivity contribution >= 4 is 22.6 Å². The van der Waals surface area contributed by atoms with Gasteiger partial charge >= 0.3 is 0 Å². The summed E-state index contributed by atoms with van der Waals surface area (Å²) in [5.74, 6) is 1.43. The number of H-pyrrole nitrogens is 1. The van der Waals surface area contributed by atoms with Crippen molar-refractivity contribution in [2.45, 2.75) is 13.3 Å². The van der Waals surface area contributed by atoms with Crippen LogP contribution in [-0.2, 0) is 0 Å². The fraction of sp³-hybridized carbons (Fsp3) is 0.333. The van der Waals surface area contributed by atoms with Gasteiger partial charge in [0.05, 0.1) is 11.0 Å². The lowest BCUT2D eigenvalue weighted by atomic mass is 10.1. The summed E-state index contributed by atoms with van der Waals surface area (Å²) in [5.41, 5.74) is 3.79. The minimum Gasteiger partial charge on any atom is -0.371 e. The molecule has 0 aliphatic carbocycles. The van der Waals surface area contributed by atoms with Crippen molar-refractivity contribution in [2.75, 3.05) is 31.6 Å². The molecule has 1 aromatic heterocycles. The van der Waals surface area contributed by atoms with E-state index in [-0.39, 0.29) is 5.91 Å². The van der Waals surface area contributed by atoms with Crippen molar-refractivity contribution in [3.63, 3.8) is 0 Å². The van der Waals surface area contributed by atoms with Crippen LogP contribution in [0.5, 0.6) is 0 Å². The van der Waals surface area contributed by atoms with E-state index in [0.29, 0.717) is 11.5 Å². The molecule has 5 heteroatoms. The minimum absolute atomic E-state index is 0.0670. The molecule has 0 spiro atoms. The Morgan fingerprint density at radius 1 is 1.27 bits per heavy atom. The van der Waals surface area contributed by atoms with E-state index in [4.69, 9.17) is 0 Å². The third-order valence-corrected chi connectivity index (χ3v) is 5.13. The van der Waals surface area contributed by atoms with Crippen molar-refractivity contribution in [3.05, 3.63) is 59.9 Å². The molecular weight excluding hydrogens is 324 g/mol. The van der Waals surface area contributed by atoms with Crippen LogP contribution in [0.15, 0.2) is 48.5 Å². The highest BCUT2D eigenvalue weighted by Gasteiger charge is 2.25. The Morgan fingerprint density at radius 2 is 2.08 bits per heavy atom. The number of nitrogens with zero attached hydrogens (tertiary/aromatic N) is 3. The lowest BCUT2D eigenvalue weighted by Crippen LogP contribution is -2.33. The second-order valence-corrected chi connectivity index (χ2v) is 7.18. The van der Waals surface area contributed by atoms with Crippen LogP contribution in [0, 0.1) is 12.8 Å². The third-order valence-electron chi connectivity index (χ3n) is 5.13. The molecule has 1 aliphatic heterocycles. The molecule has 134 valence electrons. The summed E-state index contributed by atoms with van der Waals surface area (Å²) < 4.78 is 0.